The molecule has 8 heteroatoms. The molecule has 3 rings (SSSR count). The minimum Gasteiger partial charge on any atom is -0.475 e. The molecule has 126 valence electrons. The average Bonchev–Trinajstić information content (AvgIpc) is 3.07. The van der Waals surface area contributed by atoms with Gasteiger partial charge in [0.1, 0.15) is 6.10 Å². The molecule has 0 aliphatic carbocycles. The van der Waals surface area contributed by atoms with Gasteiger partial charge in [-0.05, 0) is 29.8 Å². The molecule has 0 spiro atoms. The van der Waals surface area contributed by atoms with Gasteiger partial charge >= 0.3 is 5.97 Å². The Morgan fingerprint density at radius 1 is 1.12 bits per heavy atom. The summed E-state index contributed by atoms with van der Waals surface area (Å²) in [4.78, 5) is 24.6. The molecule has 0 bridgehead atoms. The van der Waals surface area contributed by atoms with E-state index in [-0.39, 0.29) is 31.2 Å². The van der Waals surface area contributed by atoms with Crippen LogP contribution < -0.4 is 0 Å². The van der Waals surface area contributed by atoms with Crippen molar-refractivity contribution in [2.24, 2.45) is 0 Å². The molecule has 1 saturated heterocycles. The first-order valence-corrected chi connectivity index (χ1v) is 7.14. The van der Waals surface area contributed by atoms with Gasteiger partial charge in [0.05, 0.1) is 13.2 Å². The average molecular weight is 337 g/mol. The highest BCUT2D eigenvalue weighted by Gasteiger charge is 2.28. The molecule has 1 amide bonds. The van der Waals surface area contributed by atoms with Gasteiger partial charge in [0.25, 0.3) is 5.91 Å². The van der Waals surface area contributed by atoms with Crippen LogP contribution in [-0.2, 0) is 4.74 Å². The van der Waals surface area contributed by atoms with E-state index >= 15 is 0 Å². The van der Waals surface area contributed by atoms with Crippen LogP contribution >= 0.6 is 0 Å². The summed E-state index contributed by atoms with van der Waals surface area (Å²) in [6, 6.07) is 5.91. The standard InChI is InChI=1S/C16H13F2NO5/c17-10-2-1-9(7-11(10)18)14-8-19(5-6-23-14)15(20)12-3-4-13(24-12)16(21)22/h1-4,7,14H,5-6,8H2,(H,21,22). The Labute approximate surface area is 135 Å². The quantitative estimate of drug-likeness (QED) is 0.931. The number of hydrogen-bond donors (Lipinski definition) is 1. The molecule has 1 N–H and O–H groups in total. The molecule has 1 aliphatic rings. The summed E-state index contributed by atoms with van der Waals surface area (Å²) >= 11 is 0. The largest absolute Gasteiger partial charge is 0.475 e. The van der Waals surface area contributed by atoms with Crippen molar-refractivity contribution in [1.29, 1.82) is 0 Å². The molecule has 1 unspecified atom stereocenters. The molecule has 24 heavy (non-hydrogen) atoms. The second kappa shape index (κ2) is 6.40. The lowest BCUT2D eigenvalue weighted by Crippen LogP contribution is -2.42. The molecule has 1 aromatic carbocycles. The second-order valence-corrected chi connectivity index (χ2v) is 5.25. The Balaban J connectivity index is 1.75. The second-order valence-electron chi connectivity index (χ2n) is 5.25. The predicted octanol–water partition coefficient (Wildman–Crippen LogP) is 2.47. The Bertz CT molecular complexity index is 789. The molecule has 1 fully saturated rings. The van der Waals surface area contributed by atoms with Gasteiger partial charge in [0, 0.05) is 6.54 Å². The minimum atomic E-state index is -1.27. The number of ether oxygens (including phenoxy) is 1. The fraction of sp³-hybridized carbons (Fsp3) is 0.250. The number of benzene rings is 1. The molecule has 6 nitrogen and oxygen atoms in total. The Morgan fingerprint density at radius 2 is 1.88 bits per heavy atom. The number of carbonyl (C=O) groups is 2. The maximum absolute atomic E-state index is 13.4. The van der Waals surface area contributed by atoms with Gasteiger partial charge in [-0.2, -0.15) is 0 Å². The Morgan fingerprint density at radius 3 is 2.54 bits per heavy atom. The number of aromatic carboxylic acids is 1. The molecule has 2 aromatic rings. The monoisotopic (exact) mass is 337 g/mol. The molecule has 1 aliphatic heterocycles. The van der Waals surface area contributed by atoms with Gasteiger partial charge in [0.15, 0.2) is 17.4 Å². The topological polar surface area (TPSA) is 80.0 Å². The maximum Gasteiger partial charge on any atom is 0.371 e. The van der Waals surface area contributed by atoms with E-state index in [0.29, 0.717) is 5.56 Å². The number of nitrogens with zero attached hydrogens (tertiary/aromatic N) is 1. The van der Waals surface area contributed by atoms with Crippen LogP contribution in [0.3, 0.4) is 0 Å². The molecule has 2 heterocycles. The van der Waals surface area contributed by atoms with Crippen LogP contribution in [0.2, 0.25) is 0 Å². The highest BCUT2D eigenvalue weighted by Crippen LogP contribution is 2.25. The van der Waals surface area contributed by atoms with Crippen LogP contribution in [0.15, 0.2) is 34.7 Å². The van der Waals surface area contributed by atoms with Crippen molar-refractivity contribution in [2.75, 3.05) is 19.7 Å². The van der Waals surface area contributed by atoms with Crippen LogP contribution in [0.25, 0.3) is 0 Å². The molecular formula is C16H13F2NO5. The lowest BCUT2D eigenvalue weighted by atomic mass is 10.1. The van der Waals surface area contributed by atoms with E-state index in [9.17, 15) is 18.4 Å². The zero-order chi connectivity index (χ0) is 17.3. The predicted molar refractivity (Wildman–Crippen MR) is 76.6 cm³/mol. The first-order valence-electron chi connectivity index (χ1n) is 7.14. The highest BCUT2D eigenvalue weighted by molar-refractivity contribution is 5.93. The van der Waals surface area contributed by atoms with Crippen LogP contribution in [0.4, 0.5) is 8.78 Å². The fourth-order valence-electron chi connectivity index (χ4n) is 2.47. The number of hydrogen-bond acceptors (Lipinski definition) is 4. The maximum atomic E-state index is 13.4. The summed E-state index contributed by atoms with van der Waals surface area (Å²) < 4.78 is 36.9. The normalized spacial score (nSPS) is 17.8. The molecular weight excluding hydrogens is 324 g/mol. The Hall–Kier alpha value is -2.74. The number of carbonyl (C=O) groups excluding carboxylic acids is 1. The summed E-state index contributed by atoms with van der Waals surface area (Å²) in [5.41, 5.74) is 0.414. The molecule has 0 radical (unpaired) electrons. The van der Waals surface area contributed by atoms with Crippen LogP contribution in [-0.4, -0.2) is 41.6 Å². The summed E-state index contributed by atoms with van der Waals surface area (Å²) in [6.45, 7) is 0.608. The molecule has 0 saturated carbocycles. The number of rotatable bonds is 3. The van der Waals surface area contributed by atoms with Crippen molar-refractivity contribution in [3.63, 3.8) is 0 Å². The van der Waals surface area contributed by atoms with E-state index in [0.717, 1.165) is 12.1 Å². The van der Waals surface area contributed by atoms with Crippen molar-refractivity contribution in [2.45, 2.75) is 6.10 Å². The highest BCUT2D eigenvalue weighted by atomic mass is 19.2. The van der Waals surface area contributed by atoms with Crippen LogP contribution in [0, 0.1) is 11.6 Å². The van der Waals surface area contributed by atoms with Gasteiger partial charge in [-0.3, -0.25) is 4.79 Å². The zero-order valence-corrected chi connectivity index (χ0v) is 12.4. The van der Waals surface area contributed by atoms with Crippen LogP contribution in [0.5, 0.6) is 0 Å². The number of halogens is 2. The van der Waals surface area contributed by atoms with E-state index in [2.05, 4.69) is 0 Å². The fourth-order valence-corrected chi connectivity index (χ4v) is 2.47. The van der Waals surface area contributed by atoms with Crippen molar-refractivity contribution in [1.82, 2.24) is 4.90 Å². The van der Waals surface area contributed by atoms with Gasteiger partial charge in [-0.1, -0.05) is 6.07 Å². The summed E-state index contributed by atoms with van der Waals surface area (Å²) in [6.07, 6.45) is -0.605. The number of morpholine rings is 1. The molecule has 1 atom stereocenters. The van der Waals surface area contributed by atoms with Gasteiger partial charge in [0.2, 0.25) is 5.76 Å². The third-order valence-electron chi connectivity index (χ3n) is 3.70. The third-order valence-corrected chi connectivity index (χ3v) is 3.70. The van der Waals surface area contributed by atoms with E-state index in [1.165, 1.54) is 23.1 Å². The van der Waals surface area contributed by atoms with Gasteiger partial charge in [-0.15, -0.1) is 0 Å². The number of carboxylic acids is 1. The van der Waals surface area contributed by atoms with Crippen molar-refractivity contribution in [3.05, 3.63) is 59.1 Å². The van der Waals surface area contributed by atoms with Crippen LogP contribution in [0.1, 0.15) is 32.8 Å². The van der Waals surface area contributed by atoms with Gasteiger partial charge < -0.3 is 19.2 Å². The summed E-state index contributed by atoms with van der Waals surface area (Å²) in [7, 11) is 0. The van der Waals surface area contributed by atoms with Crippen molar-refractivity contribution >= 4 is 11.9 Å². The Kier molecular flexibility index (Phi) is 4.30. The van der Waals surface area contributed by atoms with E-state index in [4.69, 9.17) is 14.3 Å². The SMILES string of the molecule is O=C(O)c1ccc(C(=O)N2CCOC(c3ccc(F)c(F)c3)C2)o1. The van der Waals surface area contributed by atoms with Crippen molar-refractivity contribution < 1.29 is 32.6 Å². The minimum absolute atomic E-state index is 0.0988. The third kappa shape index (κ3) is 3.13. The first kappa shape index (κ1) is 16.1. The van der Waals surface area contributed by atoms with Gasteiger partial charge in [-0.25, -0.2) is 13.6 Å². The zero-order valence-electron chi connectivity index (χ0n) is 12.4. The van der Waals surface area contributed by atoms with E-state index in [1.807, 2.05) is 0 Å². The summed E-state index contributed by atoms with van der Waals surface area (Å²) in [5, 5.41) is 8.82. The lowest BCUT2D eigenvalue weighted by molar-refractivity contribution is -0.0239. The van der Waals surface area contributed by atoms with E-state index < -0.39 is 29.6 Å². The molecule has 1 aromatic heterocycles. The lowest BCUT2D eigenvalue weighted by Gasteiger charge is -2.32. The number of furan rings is 1. The first-order chi connectivity index (χ1) is 11.5. The number of carboxylic acid groups (broad SMARTS) is 1. The van der Waals surface area contributed by atoms with E-state index in [1.54, 1.807) is 0 Å². The smallest absolute Gasteiger partial charge is 0.371 e. The number of amides is 1. The summed E-state index contributed by atoms with van der Waals surface area (Å²) in [5.74, 6) is -4.13. The van der Waals surface area contributed by atoms with Crippen molar-refractivity contribution in [3.8, 4) is 0 Å².